The number of rotatable bonds is 2. The molecule has 0 atom stereocenters. The second kappa shape index (κ2) is 5.17. The molecular weight excluding hydrogens is 247 g/mol. The predicted molar refractivity (Wildman–Crippen MR) is 69.8 cm³/mol. The van der Waals surface area contributed by atoms with E-state index in [-0.39, 0.29) is 24.0 Å². The van der Waals surface area contributed by atoms with Crippen molar-refractivity contribution >= 4 is 11.6 Å². The summed E-state index contributed by atoms with van der Waals surface area (Å²) in [5, 5.41) is 5.85. The zero-order valence-corrected chi connectivity index (χ0v) is 10.7. The summed E-state index contributed by atoms with van der Waals surface area (Å²) in [5.41, 5.74) is 0.860. The first kappa shape index (κ1) is 12.4. The smallest absolute Gasteiger partial charge is 0.262 e. The minimum Gasteiger partial charge on any atom is -0.481 e. The van der Waals surface area contributed by atoms with E-state index in [0.717, 1.165) is 32.4 Å². The number of hydrogen-bond acceptors (Lipinski definition) is 3. The van der Waals surface area contributed by atoms with Gasteiger partial charge in [-0.1, -0.05) is 6.07 Å². The number of fused-ring (bicyclic) bond motifs is 1. The molecule has 2 aliphatic heterocycles. The van der Waals surface area contributed by atoms with Crippen LogP contribution >= 0.6 is 0 Å². The van der Waals surface area contributed by atoms with E-state index in [4.69, 9.17) is 4.74 Å². The lowest BCUT2D eigenvalue weighted by Crippen LogP contribution is -2.29. The molecule has 4 nitrogen and oxygen atoms in total. The largest absolute Gasteiger partial charge is 0.481 e. The molecule has 1 aromatic carbocycles. The summed E-state index contributed by atoms with van der Waals surface area (Å²) in [6.45, 7) is 1.95. The van der Waals surface area contributed by atoms with Crippen molar-refractivity contribution in [3.05, 3.63) is 23.5 Å². The summed E-state index contributed by atoms with van der Waals surface area (Å²) in [4.78, 5) is 11.3. The van der Waals surface area contributed by atoms with E-state index in [1.807, 2.05) is 0 Å². The lowest BCUT2D eigenvalue weighted by molar-refractivity contribution is -0.118. The topological polar surface area (TPSA) is 50.4 Å². The van der Waals surface area contributed by atoms with E-state index in [0.29, 0.717) is 17.2 Å². The van der Waals surface area contributed by atoms with Gasteiger partial charge in [0, 0.05) is 0 Å². The normalized spacial score (nSPS) is 19.5. The summed E-state index contributed by atoms with van der Waals surface area (Å²) < 4.78 is 19.6. The first-order valence-corrected chi connectivity index (χ1v) is 6.69. The van der Waals surface area contributed by atoms with Crippen molar-refractivity contribution in [2.75, 3.05) is 25.0 Å². The molecule has 0 bridgehead atoms. The highest BCUT2D eigenvalue weighted by atomic mass is 19.1. The van der Waals surface area contributed by atoms with Gasteiger partial charge in [0.15, 0.2) is 12.4 Å². The summed E-state index contributed by atoms with van der Waals surface area (Å²) >= 11 is 0. The van der Waals surface area contributed by atoms with E-state index in [2.05, 4.69) is 10.6 Å². The molecule has 2 heterocycles. The highest BCUT2D eigenvalue weighted by molar-refractivity contribution is 5.95. The molecule has 19 heavy (non-hydrogen) atoms. The molecule has 0 unspecified atom stereocenters. The quantitative estimate of drug-likeness (QED) is 0.854. The fourth-order valence-corrected chi connectivity index (χ4v) is 2.71. The Hall–Kier alpha value is -1.62. The lowest BCUT2D eigenvalue weighted by atomic mass is 9.90. The molecule has 0 aromatic heterocycles. The molecule has 0 saturated carbocycles. The number of halogens is 1. The van der Waals surface area contributed by atoms with Crippen molar-refractivity contribution in [2.45, 2.75) is 19.3 Å². The number of carbonyl (C=O) groups excluding carboxylic acids is 1. The molecule has 2 N–H and O–H groups in total. The Kier molecular flexibility index (Phi) is 3.38. The summed E-state index contributed by atoms with van der Waals surface area (Å²) in [5.74, 6) is 0.287. The van der Waals surface area contributed by atoms with Crippen molar-refractivity contribution in [3.63, 3.8) is 0 Å². The third-order valence-corrected chi connectivity index (χ3v) is 3.77. The molecular formula is C14H17FN2O2. The van der Waals surface area contributed by atoms with Crippen molar-refractivity contribution in [2.24, 2.45) is 5.92 Å². The van der Waals surface area contributed by atoms with Crippen LogP contribution in [0.4, 0.5) is 10.1 Å². The summed E-state index contributed by atoms with van der Waals surface area (Å²) in [7, 11) is 0. The van der Waals surface area contributed by atoms with E-state index >= 15 is 0 Å². The first-order valence-electron chi connectivity index (χ1n) is 6.69. The van der Waals surface area contributed by atoms with Gasteiger partial charge < -0.3 is 15.4 Å². The third kappa shape index (κ3) is 2.56. The van der Waals surface area contributed by atoms with Crippen LogP contribution in [0.15, 0.2) is 12.1 Å². The maximum absolute atomic E-state index is 14.4. The molecule has 5 heteroatoms. The van der Waals surface area contributed by atoms with Gasteiger partial charge in [0.2, 0.25) is 0 Å². The monoisotopic (exact) mass is 264 g/mol. The Morgan fingerprint density at radius 3 is 2.89 bits per heavy atom. The first-order chi connectivity index (χ1) is 9.24. The minimum absolute atomic E-state index is 0.0416. The number of benzene rings is 1. The van der Waals surface area contributed by atoms with Gasteiger partial charge in [-0.25, -0.2) is 4.39 Å². The fraction of sp³-hybridized carbons (Fsp3) is 0.500. The molecule has 1 saturated heterocycles. The zero-order chi connectivity index (χ0) is 13.2. The molecule has 1 aromatic rings. The number of hydrogen-bond donors (Lipinski definition) is 2. The predicted octanol–water partition coefficient (Wildman–Crippen LogP) is 1.70. The molecule has 0 spiro atoms. The third-order valence-electron chi connectivity index (χ3n) is 3.77. The van der Waals surface area contributed by atoms with Gasteiger partial charge in [-0.3, -0.25) is 4.79 Å². The second-order valence-electron chi connectivity index (χ2n) is 5.15. The van der Waals surface area contributed by atoms with E-state index in [1.54, 1.807) is 12.1 Å². The number of ether oxygens (including phenoxy) is 1. The van der Waals surface area contributed by atoms with Gasteiger partial charge in [0.05, 0.1) is 0 Å². The van der Waals surface area contributed by atoms with Gasteiger partial charge >= 0.3 is 0 Å². The van der Waals surface area contributed by atoms with Crippen LogP contribution in [-0.2, 0) is 11.2 Å². The van der Waals surface area contributed by atoms with Crippen LogP contribution in [0, 0.1) is 11.7 Å². The molecule has 1 fully saturated rings. The van der Waals surface area contributed by atoms with Gasteiger partial charge in [0.1, 0.15) is 11.4 Å². The van der Waals surface area contributed by atoms with Crippen LogP contribution in [0.1, 0.15) is 18.4 Å². The van der Waals surface area contributed by atoms with Crippen molar-refractivity contribution in [1.82, 2.24) is 5.32 Å². The Morgan fingerprint density at radius 1 is 1.32 bits per heavy atom. The van der Waals surface area contributed by atoms with Gasteiger partial charge in [-0.05, 0) is 49.9 Å². The van der Waals surface area contributed by atoms with Crippen LogP contribution < -0.4 is 15.4 Å². The Bertz CT molecular complexity index is 498. The average Bonchev–Trinajstić information content (AvgIpc) is 2.44. The number of carbonyl (C=O) groups is 1. The molecule has 3 rings (SSSR count). The lowest BCUT2D eigenvalue weighted by Gasteiger charge is -2.24. The zero-order valence-electron chi connectivity index (χ0n) is 10.7. The highest BCUT2D eigenvalue weighted by Crippen LogP contribution is 2.33. The van der Waals surface area contributed by atoms with Gasteiger partial charge in [-0.2, -0.15) is 0 Å². The van der Waals surface area contributed by atoms with Crippen LogP contribution in [0.5, 0.6) is 5.75 Å². The van der Waals surface area contributed by atoms with Crippen LogP contribution in [0.25, 0.3) is 0 Å². The van der Waals surface area contributed by atoms with Crippen molar-refractivity contribution in [1.29, 1.82) is 0 Å². The Labute approximate surface area is 111 Å². The molecule has 102 valence electrons. The summed E-state index contributed by atoms with van der Waals surface area (Å²) in [6, 6.07) is 3.52. The number of anilines is 1. The maximum atomic E-state index is 14.4. The number of amides is 1. The maximum Gasteiger partial charge on any atom is 0.262 e. The van der Waals surface area contributed by atoms with Gasteiger partial charge in [-0.15, -0.1) is 0 Å². The SMILES string of the molecule is O=C1COc2ccc(CC3CCNCC3)c(F)c2N1. The van der Waals surface area contributed by atoms with Crippen LogP contribution in [-0.4, -0.2) is 25.6 Å². The van der Waals surface area contributed by atoms with Crippen LogP contribution in [0.3, 0.4) is 0 Å². The standard InChI is InChI=1S/C14H17FN2O2/c15-13-10(7-9-3-5-16-6-4-9)1-2-11-14(13)17-12(18)8-19-11/h1-2,9,16H,3-8H2,(H,17,18). The van der Waals surface area contributed by atoms with E-state index in [9.17, 15) is 9.18 Å². The molecule has 0 radical (unpaired) electrons. The Morgan fingerprint density at radius 2 is 2.11 bits per heavy atom. The number of piperidine rings is 1. The summed E-state index contributed by atoms with van der Waals surface area (Å²) in [6.07, 6.45) is 2.86. The molecule has 0 aliphatic carbocycles. The highest BCUT2D eigenvalue weighted by Gasteiger charge is 2.23. The van der Waals surface area contributed by atoms with Crippen molar-refractivity contribution < 1.29 is 13.9 Å². The van der Waals surface area contributed by atoms with Crippen molar-refractivity contribution in [3.8, 4) is 5.75 Å². The van der Waals surface area contributed by atoms with E-state index in [1.165, 1.54) is 0 Å². The van der Waals surface area contributed by atoms with E-state index < -0.39 is 0 Å². The Balaban J connectivity index is 1.82. The fourth-order valence-electron chi connectivity index (χ4n) is 2.71. The molecule has 2 aliphatic rings. The van der Waals surface area contributed by atoms with Crippen LogP contribution in [0.2, 0.25) is 0 Å². The second-order valence-corrected chi connectivity index (χ2v) is 5.15. The molecule has 1 amide bonds. The minimum atomic E-state index is -0.343. The average molecular weight is 264 g/mol. The number of nitrogens with one attached hydrogen (secondary N) is 2. The van der Waals surface area contributed by atoms with Gasteiger partial charge in [0.25, 0.3) is 5.91 Å².